The summed E-state index contributed by atoms with van der Waals surface area (Å²) in [6.07, 6.45) is 9.84. The molecule has 2 saturated carbocycles. The van der Waals surface area contributed by atoms with Crippen molar-refractivity contribution in [2.75, 3.05) is 6.54 Å². The lowest BCUT2D eigenvalue weighted by molar-refractivity contribution is 0.395. The Morgan fingerprint density at radius 3 is 2.67 bits per heavy atom. The Labute approximate surface area is 90.7 Å². The summed E-state index contributed by atoms with van der Waals surface area (Å²) in [5.41, 5.74) is 7.12. The number of imidazole rings is 1. The molecular formula is C12H19N3. The molecule has 1 aromatic heterocycles. The van der Waals surface area contributed by atoms with Gasteiger partial charge in [0.25, 0.3) is 0 Å². The van der Waals surface area contributed by atoms with Crippen molar-refractivity contribution in [1.82, 2.24) is 9.55 Å². The average molecular weight is 205 g/mol. The molecule has 0 saturated heterocycles. The Bertz CT molecular complexity index is 348. The van der Waals surface area contributed by atoms with Crippen LogP contribution in [0.2, 0.25) is 0 Å². The van der Waals surface area contributed by atoms with Crippen molar-refractivity contribution in [1.29, 1.82) is 0 Å². The summed E-state index contributed by atoms with van der Waals surface area (Å²) in [4.78, 5) is 4.55. The van der Waals surface area contributed by atoms with E-state index >= 15 is 0 Å². The van der Waals surface area contributed by atoms with E-state index in [1.165, 1.54) is 43.6 Å². The molecule has 82 valence electrons. The molecule has 0 atom stereocenters. The van der Waals surface area contributed by atoms with E-state index in [4.69, 9.17) is 5.73 Å². The molecule has 0 aromatic carbocycles. The topological polar surface area (TPSA) is 43.8 Å². The van der Waals surface area contributed by atoms with Gasteiger partial charge in [0.05, 0.1) is 0 Å². The SMILES string of the molecule is NCCc1ncc(C2CCC2)n1C1CC1. The first-order valence-electron chi connectivity index (χ1n) is 6.16. The predicted octanol–water partition coefficient (Wildman–Crippen LogP) is 1.99. The van der Waals surface area contributed by atoms with Gasteiger partial charge in [-0.25, -0.2) is 4.98 Å². The number of hydrogen-bond donors (Lipinski definition) is 1. The number of nitrogens with zero attached hydrogens (tertiary/aromatic N) is 2. The van der Waals surface area contributed by atoms with E-state index in [0.717, 1.165) is 18.4 Å². The van der Waals surface area contributed by atoms with Gasteiger partial charge >= 0.3 is 0 Å². The molecule has 0 unspecified atom stereocenters. The molecular weight excluding hydrogens is 186 g/mol. The maximum absolute atomic E-state index is 5.63. The first kappa shape index (κ1) is 9.40. The van der Waals surface area contributed by atoms with Crippen molar-refractivity contribution < 1.29 is 0 Å². The third kappa shape index (κ3) is 1.59. The fourth-order valence-electron chi connectivity index (χ4n) is 2.49. The molecule has 2 aliphatic rings. The molecule has 0 aliphatic heterocycles. The summed E-state index contributed by atoms with van der Waals surface area (Å²) in [6, 6.07) is 0.754. The van der Waals surface area contributed by atoms with E-state index < -0.39 is 0 Å². The van der Waals surface area contributed by atoms with Crippen LogP contribution in [-0.2, 0) is 6.42 Å². The molecule has 2 aliphatic carbocycles. The minimum Gasteiger partial charge on any atom is -0.330 e. The third-order valence-electron chi connectivity index (χ3n) is 3.71. The Morgan fingerprint density at radius 1 is 1.33 bits per heavy atom. The van der Waals surface area contributed by atoms with Gasteiger partial charge in [-0.1, -0.05) is 6.42 Å². The van der Waals surface area contributed by atoms with Gasteiger partial charge in [-0.05, 0) is 32.2 Å². The zero-order valence-corrected chi connectivity index (χ0v) is 9.15. The zero-order valence-electron chi connectivity index (χ0n) is 9.15. The lowest BCUT2D eigenvalue weighted by atomic mass is 9.83. The fraction of sp³-hybridized carbons (Fsp3) is 0.750. The number of hydrogen-bond acceptors (Lipinski definition) is 2. The van der Waals surface area contributed by atoms with Gasteiger partial charge in [0.1, 0.15) is 5.82 Å². The van der Waals surface area contributed by atoms with Crippen LogP contribution in [-0.4, -0.2) is 16.1 Å². The lowest BCUT2D eigenvalue weighted by Crippen LogP contribution is -2.16. The number of aromatic nitrogens is 2. The van der Waals surface area contributed by atoms with Crippen LogP contribution in [0.15, 0.2) is 6.20 Å². The maximum Gasteiger partial charge on any atom is 0.110 e. The van der Waals surface area contributed by atoms with Gasteiger partial charge in [0.15, 0.2) is 0 Å². The second kappa shape index (κ2) is 3.63. The van der Waals surface area contributed by atoms with Crippen LogP contribution in [0.5, 0.6) is 0 Å². The standard InChI is InChI=1S/C12H19N3/c13-7-6-12-14-8-11(9-2-1-3-9)15(12)10-4-5-10/h8-10H,1-7,13H2. The van der Waals surface area contributed by atoms with Crippen molar-refractivity contribution in [3.63, 3.8) is 0 Å². The number of nitrogens with two attached hydrogens (primary N) is 1. The van der Waals surface area contributed by atoms with Crippen molar-refractivity contribution in [3.8, 4) is 0 Å². The molecule has 2 fully saturated rings. The van der Waals surface area contributed by atoms with Crippen molar-refractivity contribution >= 4 is 0 Å². The van der Waals surface area contributed by atoms with Crippen LogP contribution < -0.4 is 5.73 Å². The molecule has 3 rings (SSSR count). The highest BCUT2D eigenvalue weighted by Crippen LogP contribution is 2.43. The summed E-state index contributed by atoms with van der Waals surface area (Å²) >= 11 is 0. The van der Waals surface area contributed by atoms with E-state index in [-0.39, 0.29) is 0 Å². The normalized spacial score (nSPS) is 21.7. The van der Waals surface area contributed by atoms with E-state index in [2.05, 4.69) is 15.7 Å². The summed E-state index contributed by atoms with van der Waals surface area (Å²) < 4.78 is 2.50. The van der Waals surface area contributed by atoms with Gasteiger partial charge in [-0.15, -0.1) is 0 Å². The molecule has 2 N–H and O–H groups in total. The maximum atomic E-state index is 5.63. The summed E-state index contributed by atoms with van der Waals surface area (Å²) in [7, 11) is 0. The van der Waals surface area contributed by atoms with E-state index in [0.29, 0.717) is 6.54 Å². The summed E-state index contributed by atoms with van der Waals surface area (Å²) in [5.74, 6) is 2.02. The summed E-state index contributed by atoms with van der Waals surface area (Å²) in [5, 5.41) is 0. The monoisotopic (exact) mass is 205 g/mol. The minimum absolute atomic E-state index is 0.716. The van der Waals surface area contributed by atoms with Gasteiger partial charge < -0.3 is 10.3 Å². The Kier molecular flexibility index (Phi) is 2.28. The van der Waals surface area contributed by atoms with Crippen molar-refractivity contribution in [2.45, 2.75) is 50.5 Å². The molecule has 0 bridgehead atoms. The van der Waals surface area contributed by atoms with Gasteiger partial charge in [-0.3, -0.25) is 0 Å². The largest absolute Gasteiger partial charge is 0.330 e. The highest BCUT2D eigenvalue weighted by atomic mass is 15.1. The predicted molar refractivity (Wildman–Crippen MR) is 59.8 cm³/mol. The van der Waals surface area contributed by atoms with Gasteiger partial charge in [0, 0.05) is 30.3 Å². The highest BCUT2D eigenvalue weighted by Gasteiger charge is 2.32. The molecule has 1 heterocycles. The van der Waals surface area contributed by atoms with E-state index in [9.17, 15) is 0 Å². The van der Waals surface area contributed by atoms with Crippen LogP contribution in [0.4, 0.5) is 0 Å². The molecule has 15 heavy (non-hydrogen) atoms. The third-order valence-corrected chi connectivity index (χ3v) is 3.71. The summed E-state index contributed by atoms with van der Waals surface area (Å²) in [6.45, 7) is 0.716. The van der Waals surface area contributed by atoms with Crippen LogP contribution in [0.25, 0.3) is 0 Å². The first-order chi connectivity index (χ1) is 7.40. The van der Waals surface area contributed by atoms with Gasteiger partial charge in [0.2, 0.25) is 0 Å². The minimum atomic E-state index is 0.716. The zero-order chi connectivity index (χ0) is 10.3. The quantitative estimate of drug-likeness (QED) is 0.817. The van der Waals surface area contributed by atoms with E-state index in [1.54, 1.807) is 0 Å². The molecule has 0 amide bonds. The fourth-order valence-corrected chi connectivity index (χ4v) is 2.49. The Morgan fingerprint density at radius 2 is 2.13 bits per heavy atom. The smallest absolute Gasteiger partial charge is 0.110 e. The number of rotatable bonds is 4. The molecule has 0 spiro atoms. The van der Waals surface area contributed by atoms with Crippen molar-refractivity contribution in [2.24, 2.45) is 5.73 Å². The molecule has 3 nitrogen and oxygen atoms in total. The van der Waals surface area contributed by atoms with Crippen molar-refractivity contribution in [3.05, 3.63) is 17.7 Å². The van der Waals surface area contributed by atoms with Crippen LogP contribution >= 0.6 is 0 Å². The van der Waals surface area contributed by atoms with E-state index in [1.807, 2.05) is 0 Å². The van der Waals surface area contributed by atoms with Crippen LogP contribution in [0.3, 0.4) is 0 Å². The Balaban J connectivity index is 1.91. The van der Waals surface area contributed by atoms with Gasteiger partial charge in [-0.2, -0.15) is 0 Å². The van der Waals surface area contributed by atoms with Crippen LogP contribution in [0, 0.1) is 0 Å². The molecule has 0 radical (unpaired) electrons. The van der Waals surface area contributed by atoms with Crippen LogP contribution in [0.1, 0.15) is 55.6 Å². The lowest BCUT2D eigenvalue weighted by Gasteiger charge is -2.27. The second-order valence-electron chi connectivity index (χ2n) is 4.87. The first-order valence-corrected chi connectivity index (χ1v) is 6.16. The average Bonchev–Trinajstić information content (AvgIpc) is 2.90. The second-order valence-corrected chi connectivity index (χ2v) is 4.87. The highest BCUT2D eigenvalue weighted by molar-refractivity contribution is 5.17. The molecule has 1 aromatic rings. The molecule has 3 heteroatoms. The Hall–Kier alpha value is -0.830.